The van der Waals surface area contributed by atoms with E-state index in [1.54, 1.807) is 29.7 Å². The number of ether oxygens (including phenoxy) is 1. The highest BCUT2D eigenvalue weighted by molar-refractivity contribution is 7.99. The van der Waals surface area contributed by atoms with Crippen LogP contribution in [0.4, 0.5) is 11.5 Å². The third kappa shape index (κ3) is 3.94. The molecule has 0 fully saturated rings. The van der Waals surface area contributed by atoms with Crippen LogP contribution in [0.15, 0.2) is 64.3 Å². The second-order valence-electron chi connectivity index (χ2n) is 7.13. The second kappa shape index (κ2) is 9.22. The fraction of sp³-hybridized carbons (Fsp3) is 0.208. The molecule has 0 bridgehead atoms. The number of esters is 1. The number of para-hydroxylation sites is 1. The average Bonchev–Trinajstić information content (AvgIpc) is 2.81. The average molecular weight is 468 g/mol. The van der Waals surface area contributed by atoms with E-state index < -0.39 is 5.97 Å². The summed E-state index contributed by atoms with van der Waals surface area (Å²) in [6.07, 6.45) is 1.89. The molecule has 0 saturated carbocycles. The van der Waals surface area contributed by atoms with Crippen LogP contribution in [-0.2, 0) is 16.1 Å². The van der Waals surface area contributed by atoms with E-state index in [0.717, 1.165) is 10.6 Å². The molecule has 4 rings (SSSR count). The van der Waals surface area contributed by atoms with Gasteiger partial charge in [0.15, 0.2) is 5.43 Å². The topological polar surface area (TPSA) is 64.4 Å². The fourth-order valence-electron chi connectivity index (χ4n) is 3.72. The van der Waals surface area contributed by atoms with Crippen molar-refractivity contribution >= 4 is 62.8 Å². The number of carbonyl (C=O) groups is 1. The number of benzene rings is 2. The molecule has 0 spiro atoms. The van der Waals surface area contributed by atoms with Gasteiger partial charge in [0.2, 0.25) is 0 Å². The minimum Gasteiger partial charge on any atom is -0.465 e. The maximum atomic E-state index is 13.3. The Morgan fingerprint density at radius 1 is 1.12 bits per heavy atom. The van der Waals surface area contributed by atoms with E-state index in [4.69, 9.17) is 21.3 Å². The molecule has 4 aromatic rings. The summed E-state index contributed by atoms with van der Waals surface area (Å²) in [6.45, 7) is 1.94. The number of thioether (sulfide) groups is 1. The van der Waals surface area contributed by atoms with Gasteiger partial charge in [0, 0.05) is 18.1 Å². The van der Waals surface area contributed by atoms with Gasteiger partial charge in [-0.25, -0.2) is 4.98 Å². The summed E-state index contributed by atoms with van der Waals surface area (Å²) in [6, 6.07) is 16.8. The zero-order valence-corrected chi connectivity index (χ0v) is 19.5. The highest BCUT2D eigenvalue weighted by Gasteiger charge is 2.20. The zero-order valence-electron chi connectivity index (χ0n) is 18.0. The Kier molecular flexibility index (Phi) is 6.39. The van der Waals surface area contributed by atoms with Gasteiger partial charge in [-0.2, -0.15) is 0 Å². The van der Waals surface area contributed by atoms with Gasteiger partial charge in [-0.1, -0.05) is 29.8 Å². The summed E-state index contributed by atoms with van der Waals surface area (Å²) in [5.41, 5.74) is 1.80. The molecule has 0 amide bonds. The molecular formula is C24H22ClN3O3S. The molecule has 0 radical (unpaired) electrons. The van der Waals surface area contributed by atoms with Crippen LogP contribution in [0.1, 0.15) is 6.92 Å². The molecule has 0 aliphatic rings. The van der Waals surface area contributed by atoms with Gasteiger partial charge in [-0.15, -0.1) is 11.8 Å². The van der Waals surface area contributed by atoms with E-state index in [1.807, 2.05) is 54.6 Å². The lowest BCUT2D eigenvalue weighted by molar-refractivity contribution is -0.143. The van der Waals surface area contributed by atoms with Crippen LogP contribution in [0, 0.1) is 0 Å². The zero-order chi connectivity index (χ0) is 22.8. The Labute approximate surface area is 194 Å². The standard InChI is InChI=1S/C24H22ClN3O3S/c1-4-31-20(29)14-28-21-16(10-12-18(25)23(21)32-3)22(30)17-11-13-19(26-24(17)28)27(2)15-8-6-5-7-9-15/h5-13H,4,14H2,1-3H3. The summed E-state index contributed by atoms with van der Waals surface area (Å²) in [5, 5.41) is 1.43. The van der Waals surface area contributed by atoms with Crippen molar-refractivity contribution in [3.63, 3.8) is 0 Å². The van der Waals surface area contributed by atoms with Crippen molar-refractivity contribution in [2.45, 2.75) is 18.4 Å². The van der Waals surface area contributed by atoms with E-state index >= 15 is 0 Å². The van der Waals surface area contributed by atoms with Crippen LogP contribution in [0.2, 0.25) is 5.02 Å². The molecule has 2 heterocycles. The molecule has 32 heavy (non-hydrogen) atoms. The molecule has 6 nitrogen and oxygen atoms in total. The van der Waals surface area contributed by atoms with Gasteiger partial charge in [0.25, 0.3) is 0 Å². The van der Waals surface area contributed by atoms with Crippen molar-refractivity contribution in [2.24, 2.45) is 0 Å². The van der Waals surface area contributed by atoms with E-state index in [-0.39, 0.29) is 18.6 Å². The number of aromatic nitrogens is 2. The molecule has 2 aromatic heterocycles. The maximum Gasteiger partial charge on any atom is 0.326 e. The monoisotopic (exact) mass is 467 g/mol. The van der Waals surface area contributed by atoms with Crippen LogP contribution in [0.5, 0.6) is 0 Å². The Balaban J connectivity index is 2.05. The first-order chi connectivity index (χ1) is 15.5. The number of nitrogens with zero attached hydrogens (tertiary/aromatic N) is 3. The largest absolute Gasteiger partial charge is 0.465 e. The number of rotatable bonds is 6. The van der Waals surface area contributed by atoms with E-state index in [0.29, 0.717) is 32.8 Å². The van der Waals surface area contributed by atoms with Crippen LogP contribution in [0.3, 0.4) is 0 Å². The quantitative estimate of drug-likeness (QED) is 0.219. The molecule has 164 valence electrons. The van der Waals surface area contributed by atoms with E-state index in [9.17, 15) is 9.59 Å². The molecule has 0 saturated heterocycles. The van der Waals surface area contributed by atoms with Crippen LogP contribution in [-0.4, -0.2) is 35.4 Å². The van der Waals surface area contributed by atoms with Crippen LogP contribution in [0.25, 0.3) is 21.9 Å². The van der Waals surface area contributed by atoms with Crippen molar-refractivity contribution in [1.82, 2.24) is 9.55 Å². The number of fused-ring (bicyclic) bond motifs is 2. The van der Waals surface area contributed by atoms with Gasteiger partial charge in [-0.05, 0) is 49.6 Å². The minimum atomic E-state index is -0.408. The van der Waals surface area contributed by atoms with Crippen molar-refractivity contribution in [2.75, 3.05) is 24.8 Å². The number of pyridine rings is 2. The van der Waals surface area contributed by atoms with Gasteiger partial charge >= 0.3 is 5.97 Å². The normalized spacial score (nSPS) is 11.1. The Bertz CT molecular complexity index is 1370. The lowest BCUT2D eigenvalue weighted by atomic mass is 10.1. The third-order valence-electron chi connectivity index (χ3n) is 5.24. The van der Waals surface area contributed by atoms with Crippen LogP contribution >= 0.6 is 23.4 Å². The number of halogens is 1. The lowest BCUT2D eigenvalue weighted by Crippen LogP contribution is -2.20. The molecule has 2 aromatic carbocycles. The summed E-state index contributed by atoms with van der Waals surface area (Å²) < 4.78 is 6.95. The summed E-state index contributed by atoms with van der Waals surface area (Å²) >= 11 is 7.88. The Morgan fingerprint density at radius 2 is 1.84 bits per heavy atom. The second-order valence-corrected chi connectivity index (χ2v) is 8.36. The summed E-state index contributed by atoms with van der Waals surface area (Å²) in [7, 11) is 1.91. The SMILES string of the molecule is CCOC(=O)Cn1c2nc(N(C)c3ccccc3)ccc2c(=O)c2ccc(Cl)c(SC)c21. The maximum absolute atomic E-state index is 13.3. The van der Waals surface area contributed by atoms with E-state index in [1.165, 1.54) is 11.8 Å². The molecule has 0 atom stereocenters. The number of hydrogen-bond donors (Lipinski definition) is 0. The molecule has 8 heteroatoms. The first-order valence-electron chi connectivity index (χ1n) is 10.1. The summed E-state index contributed by atoms with van der Waals surface area (Å²) in [5.74, 6) is 0.238. The van der Waals surface area contributed by atoms with Crippen molar-refractivity contribution < 1.29 is 9.53 Å². The number of carbonyl (C=O) groups excluding carboxylic acids is 1. The third-order valence-corrected chi connectivity index (χ3v) is 6.49. The molecular weight excluding hydrogens is 446 g/mol. The van der Waals surface area contributed by atoms with Crippen LogP contribution < -0.4 is 10.3 Å². The van der Waals surface area contributed by atoms with Gasteiger partial charge in [0.05, 0.1) is 27.4 Å². The molecule has 0 aliphatic carbocycles. The predicted molar refractivity (Wildman–Crippen MR) is 131 cm³/mol. The highest BCUT2D eigenvalue weighted by atomic mass is 35.5. The Morgan fingerprint density at radius 3 is 2.53 bits per heavy atom. The molecule has 0 aliphatic heterocycles. The first-order valence-corrected chi connectivity index (χ1v) is 11.7. The smallest absolute Gasteiger partial charge is 0.326 e. The summed E-state index contributed by atoms with van der Waals surface area (Å²) in [4.78, 5) is 33.3. The lowest BCUT2D eigenvalue weighted by Gasteiger charge is -2.21. The molecule has 0 unspecified atom stereocenters. The predicted octanol–water partition coefficient (Wildman–Crippen LogP) is 5.26. The van der Waals surface area contributed by atoms with Crippen molar-refractivity contribution in [3.8, 4) is 0 Å². The molecule has 0 N–H and O–H groups in total. The van der Waals surface area contributed by atoms with Crippen molar-refractivity contribution in [1.29, 1.82) is 0 Å². The van der Waals surface area contributed by atoms with E-state index in [2.05, 4.69) is 0 Å². The van der Waals surface area contributed by atoms with Gasteiger partial charge < -0.3 is 14.2 Å². The highest BCUT2D eigenvalue weighted by Crippen LogP contribution is 2.34. The number of anilines is 2. The number of hydrogen-bond acceptors (Lipinski definition) is 6. The van der Waals surface area contributed by atoms with Gasteiger partial charge in [0.1, 0.15) is 18.0 Å². The first kappa shape index (κ1) is 22.2. The minimum absolute atomic E-state index is 0.0828. The van der Waals surface area contributed by atoms with Gasteiger partial charge in [-0.3, -0.25) is 9.59 Å². The van der Waals surface area contributed by atoms with Crippen molar-refractivity contribution in [3.05, 3.63) is 69.8 Å². The fourth-order valence-corrected chi connectivity index (χ4v) is 4.79. The Hall–Kier alpha value is -3.03.